The Labute approximate surface area is 176 Å². The van der Waals surface area contributed by atoms with Gasteiger partial charge in [0.2, 0.25) is 0 Å². The molecular formula is C20H20BrN5O3. The van der Waals surface area contributed by atoms with Gasteiger partial charge in [-0.2, -0.15) is 15.2 Å². The molecule has 0 saturated heterocycles. The number of halogens is 1. The fraction of sp³-hybridized carbons (Fsp3) is 0.200. The maximum Gasteiger partial charge on any atom is 0.363 e. The van der Waals surface area contributed by atoms with Gasteiger partial charge in [-0.25, -0.2) is 9.89 Å². The Morgan fingerprint density at radius 1 is 1.17 bits per heavy atom. The zero-order valence-corrected chi connectivity index (χ0v) is 17.6. The van der Waals surface area contributed by atoms with E-state index >= 15 is 0 Å². The van der Waals surface area contributed by atoms with Crippen molar-refractivity contribution in [3.63, 3.8) is 0 Å². The highest BCUT2D eigenvalue weighted by Crippen LogP contribution is 2.29. The molecule has 0 bridgehead atoms. The third kappa shape index (κ3) is 5.89. The molecule has 0 radical (unpaired) electrons. The average molecular weight is 458 g/mol. The third-order valence-corrected chi connectivity index (χ3v) is 4.36. The minimum atomic E-state index is -0.542. The number of nitrogens with zero attached hydrogens (tertiary/aromatic N) is 3. The van der Waals surface area contributed by atoms with Crippen LogP contribution in [-0.2, 0) is 6.61 Å². The molecule has 0 aliphatic heterocycles. The normalized spacial score (nSPS) is 10.9. The smallest absolute Gasteiger partial charge is 0.363 e. The van der Waals surface area contributed by atoms with Crippen LogP contribution in [0.1, 0.15) is 23.7 Å². The molecule has 0 saturated carbocycles. The van der Waals surface area contributed by atoms with Crippen LogP contribution < -0.4 is 20.6 Å². The maximum atomic E-state index is 11.3. The van der Waals surface area contributed by atoms with Gasteiger partial charge in [-0.05, 0) is 55.3 Å². The van der Waals surface area contributed by atoms with Crippen LogP contribution in [0, 0.1) is 6.92 Å². The number of benzene rings is 2. The summed E-state index contributed by atoms with van der Waals surface area (Å²) in [4.78, 5) is 15.0. The average Bonchev–Trinajstić information content (AvgIpc) is 2.71. The highest BCUT2D eigenvalue weighted by Gasteiger charge is 2.07. The topological polar surface area (TPSA) is 101 Å². The lowest BCUT2D eigenvalue weighted by Gasteiger charge is -2.12. The zero-order chi connectivity index (χ0) is 20.6. The van der Waals surface area contributed by atoms with Crippen LogP contribution in [0.5, 0.6) is 11.5 Å². The first-order valence-corrected chi connectivity index (χ1v) is 9.71. The summed E-state index contributed by atoms with van der Waals surface area (Å²) in [6, 6.07) is 13.5. The van der Waals surface area contributed by atoms with Crippen molar-refractivity contribution < 1.29 is 9.47 Å². The molecule has 2 N–H and O–H groups in total. The number of rotatable bonds is 8. The molecule has 0 aliphatic rings. The molecule has 3 aromatic rings. The first-order chi connectivity index (χ1) is 14.0. The van der Waals surface area contributed by atoms with Crippen molar-refractivity contribution in [3.05, 3.63) is 74.2 Å². The van der Waals surface area contributed by atoms with Crippen molar-refractivity contribution in [1.82, 2.24) is 15.2 Å². The second kappa shape index (κ2) is 9.83. The van der Waals surface area contributed by atoms with E-state index < -0.39 is 5.69 Å². The summed E-state index contributed by atoms with van der Waals surface area (Å²) in [6.45, 7) is 4.57. The van der Waals surface area contributed by atoms with Crippen LogP contribution in [-0.4, -0.2) is 28.0 Å². The van der Waals surface area contributed by atoms with Gasteiger partial charge in [-0.3, -0.25) is 5.43 Å². The van der Waals surface area contributed by atoms with E-state index in [4.69, 9.17) is 9.47 Å². The molecule has 1 heterocycles. The Kier molecular flexibility index (Phi) is 6.96. The Bertz CT molecular complexity index is 1050. The minimum absolute atomic E-state index is 0.296. The second-order valence-corrected chi connectivity index (χ2v) is 6.91. The third-order valence-electron chi connectivity index (χ3n) is 3.83. The van der Waals surface area contributed by atoms with E-state index in [1.54, 1.807) is 13.1 Å². The number of aromatic nitrogens is 3. The Morgan fingerprint density at radius 2 is 1.97 bits per heavy atom. The highest BCUT2D eigenvalue weighted by molar-refractivity contribution is 9.10. The van der Waals surface area contributed by atoms with Gasteiger partial charge in [0, 0.05) is 4.47 Å². The molecule has 3 rings (SSSR count). The largest absolute Gasteiger partial charge is 0.490 e. The van der Waals surface area contributed by atoms with Crippen molar-refractivity contribution in [3.8, 4) is 11.5 Å². The van der Waals surface area contributed by atoms with Crippen LogP contribution in [0.3, 0.4) is 0 Å². The Morgan fingerprint density at radius 3 is 2.72 bits per heavy atom. The van der Waals surface area contributed by atoms with Gasteiger partial charge in [0.15, 0.2) is 17.3 Å². The predicted molar refractivity (Wildman–Crippen MR) is 115 cm³/mol. The first kappa shape index (κ1) is 20.5. The summed E-state index contributed by atoms with van der Waals surface area (Å²) in [7, 11) is 0. The first-order valence-electron chi connectivity index (χ1n) is 8.91. The summed E-state index contributed by atoms with van der Waals surface area (Å²) in [5.41, 5.74) is 4.57. The molecule has 150 valence electrons. The summed E-state index contributed by atoms with van der Waals surface area (Å²) in [5, 5.41) is 10.2. The van der Waals surface area contributed by atoms with E-state index in [9.17, 15) is 4.79 Å². The van der Waals surface area contributed by atoms with Crippen LogP contribution in [0.4, 0.5) is 5.82 Å². The SMILES string of the molecule is CCOc1cc(/C=N/Nc2nc(=O)[nH]nc2C)ccc1OCc1ccc(Br)cc1. The Balaban J connectivity index is 1.70. The van der Waals surface area contributed by atoms with E-state index in [2.05, 4.69) is 41.6 Å². The number of anilines is 1. The molecule has 0 amide bonds. The molecule has 9 heteroatoms. The molecule has 0 fully saturated rings. The second-order valence-electron chi connectivity index (χ2n) is 6.00. The van der Waals surface area contributed by atoms with Gasteiger partial charge < -0.3 is 9.47 Å². The summed E-state index contributed by atoms with van der Waals surface area (Å²) >= 11 is 3.42. The number of nitrogens with one attached hydrogen (secondary N) is 2. The lowest BCUT2D eigenvalue weighted by Crippen LogP contribution is -2.15. The van der Waals surface area contributed by atoms with Crippen molar-refractivity contribution in [2.75, 3.05) is 12.0 Å². The molecule has 8 nitrogen and oxygen atoms in total. The Hall–Kier alpha value is -3.20. The van der Waals surface area contributed by atoms with Gasteiger partial charge in [0.1, 0.15) is 12.3 Å². The molecule has 29 heavy (non-hydrogen) atoms. The molecule has 0 atom stereocenters. The standard InChI is InChI=1S/C20H20BrN5O3/c1-3-28-18-10-15(11-22-25-19-13(2)24-26-20(27)23-19)6-9-17(18)29-12-14-4-7-16(21)8-5-14/h4-11H,3,12H2,1-2H3,(H2,23,25,26,27)/b22-11+. The van der Waals surface area contributed by atoms with Crippen LogP contribution in [0.2, 0.25) is 0 Å². The van der Waals surface area contributed by atoms with E-state index in [1.165, 1.54) is 0 Å². The van der Waals surface area contributed by atoms with E-state index in [0.29, 0.717) is 36.2 Å². The number of hydrogen-bond donors (Lipinski definition) is 2. The number of aromatic amines is 1. The fourth-order valence-corrected chi connectivity index (χ4v) is 2.66. The van der Waals surface area contributed by atoms with Gasteiger partial charge in [0.25, 0.3) is 0 Å². The van der Waals surface area contributed by atoms with E-state index in [0.717, 1.165) is 15.6 Å². The summed E-state index contributed by atoms with van der Waals surface area (Å²) in [5.74, 6) is 1.57. The number of aryl methyl sites for hydroxylation is 1. The molecular weight excluding hydrogens is 438 g/mol. The maximum absolute atomic E-state index is 11.3. The van der Waals surface area contributed by atoms with Gasteiger partial charge in [0.05, 0.1) is 12.8 Å². The fourth-order valence-electron chi connectivity index (χ4n) is 2.40. The quantitative estimate of drug-likeness (QED) is 0.395. The molecule has 0 unspecified atom stereocenters. The van der Waals surface area contributed by atoms with E-state index in [1.807, 2.05) is 49.4 Å². The van der Waals surface area contributed by atoms with Crippen molar-refractivity contribution in [2.24, 2.45) is 5.10 Å². The minimum Gasteiger partial charge on any atom is -0.490 e. The van der Waals surface area contributed by atoms with Crippen LogP contribution in [0.15, 0.2) is 56.8 Å². The molecule has 0 spiro atoms. The monoisotopic (exact) mass is 457 g/mol. The van der Waals surface area contributed by atoms with Gasteiger partial charge in [-0.15, -0.1) is 0 Å². The molecule has 0 aliphatic carbocycles. The molecule has 2 aromatic carbocycles. The number of hydrogen-bond acceptors (Lipinski definition) is 7. The van der Waals surface area contributed by atoms with Crippen LogP contribution in [0.25, 0.3) is 0 Å². The summed E-state index contributed by atoms with van der Waals surface area (Å²) in [6.07, 6.45) is 1.60. The lowest BCUT2D eigenvalue weighted by atomic mass is 10.2. The lowest BCUT2D eigenvalue weighted by molar-refractivity contribution is 0.269. The number of hydrazone groups is 1. The van der Waals surface area contributed by atoms with Crippen molar-refractivity contribution in [1.29, 1.82) is 0 Å². The number of H-pyrrole nitrogens is 1. The molecule has 1 aromatic heterocycles. The van der Waals surface area contributed by atoms with Gasteiger partial charge >= 0.3 is 5.69 Å². The summed E-state index contributed by atoms with van der Waals surface area (Å²) < 4.78 is 12.6. The van der Waals surface area contributed by atoms with Crippen LogP contribution >= 0.6 is 15.9 Å². The van der Waals surface area contributed by atoms with E-state index in [-0.39, 0.29) is 0 Å². The van der Waals surface area contributed by atoms with Crippen molar-refractivity contribution >= 4 is 28.0 Å². The number of ether oxygens (including phenoxy) is 2. The van der Waals surface area contributed by atoms with Gasteiger partial charge in [-0.1, -0.05) is 28.1 Å². The predicted octanol–water partition coefficient (Wildman–Crippen LogP) is 3.66. The highest BCUT2D eigenvalue weighted by atomic mass is 79.9. The van der Waals surface area contributed by atoms with Crippen molar-refractivity contribution in [2.45, 2.75) is 20.5 Å². The zero-order valence-electron chi connectivity index (χ0n) is 16.0.